The Hall–Kier alpha value is 0.960. The Kier molecular flexibility index (Phi) is 0.959. The van der Waals surface area contributed by atoms with Gasteiger partial charge in [-0.15, -0.1) is 0 Å². The van der Waals surface area contributed by atoms with Gasteiger partial charge in [0.15, 0.2) is 0 Å². The first-order valence-corrected chi connectivity index (χ1v) is 4.63. The third kappa shape index (κ3) is 0.513. The van der Waals surface area contributed by atoms with Gasteiger partial charge >= 0.3 is 0 Å². The van der Waals surface area contributed by atoms with Gasteiger partial charge in [0.2, 0.25) is 0 Å². The summed E-state index contributed by atoms with van der Waals surface area (Å²) < 4.78 is 0.366. The van der Waals surface area contributed by atoms with Gasteiger partial charge in [0.25, 0.3) is 0 Å². The summed E-state index contributed by atoms with van der Waals surface area (Å²) in [5.41, 5.74) is 0.701. The standard InChI is InChI=1S/C6H8Br2/c7-6(8)4-5(6)2-1-3-5/h1-4H2. The zero-order chi connectivity index (χ0) is 5.83. The van der Waals surface area contributed by atoms with E-state index >= 15 is 0 Å². The van der Waals surface area contributed by atoms with E-state index in [2.05, 4.69) is 31.9 Å². The smallest absolute Gasteiger partial charge is 0.0721 e. The summed E-state index contributed by atoms with van der Waals surface area (Å²) in [7, 11) is 0. The van der Waals surface area contributed by atoms with Gasteiger partial charge in [-0.3, -0.25) is 0 Å². The number of hydrogen-bond donors (Lipinski definition) is 0. The largest absolute Gasteiger partial charge is 0.0868 e. The maximum absolute atomic E-state index is 3.64. The van der Waals surface area contributed by atoms with Crippen molar-refractivity contribution >= 4 is 31.9 Å². The van der Waals surface area contributed by atoms with E-state index in [0.29, 0.717) is 8.65 Å². The fourth-order valence-corrected chi connectivity index (χ4v) is 3.39. The monoisotopic (exact) mass is 238 g/mol. The molecule has 0 aromatic heterocycles. The Morgan fingerprint density at radius 3 is 1.62 bits per heavy atom. The molecule has 2 rings (SSSR count). The molecule has 0 saturated heterocycles. The van der Waals surface area contributed by atoms with Crippen molar-refractivity contribution in [1.82, 2.24) is 0 Å². The molecular weight excluding hydrogens is 232 g/mol. The van der Waals surface area contributed by atoms with Crippen molar-refractivity contribution in [1.29, 1.82) is 0 Å². The molecule has 0 radical (unpaired) electrons. The summed E-state index contributed by atoms with van der Waals surface area (Å²) in [4.78, 5) is 0. The van der Waals surface area contributed by atoms with Crippen LogP contribution < -0.4 is 0 Å². The molecule has 0 bridgehead atoms. The zero-order valence-electron chi connectivity index (χ0n) is 4.58. The highest BCUT2D eigenvalue weighted by Gasteiger charge is 2.67. The minimum Gasteiger partial charge on any atom is -0.0721 e. The van der Waals surface area contributed by atoms with Crippen LogP contribution in [0.3, 0.4) is 0 Å². The Labute approximate surface area is 66.3 Å². The lowest BCUT2D eigenvalue weighted by Gasteiger charge is -2.27. The quantitative estimate of drug-likeness (QED) is 0.571. The van der Waals surface area contributed by atoms with Crippen LogP contribution in [-0.2, 0) is 0 Å². The van der Waals surface area contributed by atoms with E-state index in [0.717, 1.165) is 0 Å². The highest BCUT2D eigenvalue weighted by Crippen LogP contribution is 2.75. The molecule has 1 spiro atoms. The number of hydrogen-bond acceptors (Lipinski definition) is 0. The Bertz CT molecular complexity index is 124. The second-order valence-electron chi connectivity index (χ2n) is 3.02. The second kappa shape index (κ2) is 1.34. The minimum atomic E-state index is 0.366. The average Bonchev–Trinajstić information content (AvgIpc) is 2.05. The van der Waals surface area contributed by atoms with Crippen LogP contribution in [0.1, 0.15) is 25.7 Å². The summed E-state index contributed by atoms with van der Waals surface area (Å²) >= 11 is 7.27. The van der Waals surface area contributed by atoms with E-state index in [1.165, 1.54) is 25.7 Å². The SMILES string of the molecule is BrC1(Br)CC12CCC2. The Balaban J connectivity index is 2.12. The van der Waals surface area contributed by atoms with Crippen LogP contribution >= 0.6 is 31.9 Å². The molecule has 0 aliphatic heterocycles. The van der Waals surface area contributed by atoms with Gasteiger partial charge in [0, 0.05) is 0 Å². The van der Waals surface area contributed by atoms with Crippen molar-refractivity contribution in [2.24, 2.45) is 5.41 Å². The van der Waals surface area contributed by atoms with E-state index in [-0.39, 0.29) is 0 Å². The third-order valence-corrected chi connectivity index (χ3v) is 4.76. The molecule has 2 aliphatic rings. The lowest BCUT2D eigenvalue weighted by molar-refractivity contribution is 0.289. The zero-order valence-corrected chi connectivity index (χ0v) is 7.76. The van der Waals surface area contributed by atoms with Gasteiger partial charge in [-0.1, -0.05) is 38.3 Å². The molecule has 0 nitrogen and oxygen atoms in total. The first-order chi connectivity index (χ1) is 3.66. The van der Waals surface area contributed by atoms with Crippen molar-refractivity contribution in [3.8, 4) is 0 Å². The lowest BCUT2D eigenvalue weighted by atomic mass is 9.82. The fraction of sp³-hybridized carbons (Fsp3) is 1.00. The Morgan fingerprint density at radius 2 is 1.62 bits per heavy atom. The number of rotatable bonds is 0. The summed E-state index contributed by atoms with van der Waals surface area (Å²) in [5.74, 6) is 0. The number of alkyl halides is 2. The first kappa shape index (κ1) is 5.72. The van der Waals surface area contributed by atoms with Crippen molar-refractivity contribution < 1.29 is 0 Å². The minimum absolute atomic E-state index is 0.366. The summed E-state index contributed by atoms with van der Waals surface area (Å²) in [6.45, 7) is 0. The average molecular weight is 240 g/mol. The van der Waals surface area contributed by atoms with Crippen molar-refractivity contribution in [3.63, 3.8) is 0 Å². The summed E-state index contributed by atoms with van der Waals surface area (Å²) in [5, 5.41) is 0. The van der Waals surface area contributed by atoms with E-state index in [4.69, 9.17) is 0 Å². The van der Waals surface area contributed by atoms with Crippen LogP contribution in [0, 0.1) is 5.41 Å². The Morgan fingerprint density at radius 1 is 1.12 bits per heavy atom. The second-order valence-corrected chi connectivity index (χ2v) is 6.79. The molecule has 0 heterocycles. The molecule has 2 aliphatic carbocycles. The van der Waals surface area contributed by atoms with E-state index in [9.17, 15) is 0 Å². The lowest BCUT2D eigenvalue weighted by Crippen LogP contribution is -2.17. The van der Waals surface area contributed by atoms with Gasteiger partial charge in [-0.2, -0.15) is 0 Å². The van der Waals surface area contributed by atoms with Gasteiger partial charge < -0.3 is 0 Å². The van der Waals surface area contributed by atoms with Crippen molar-refractivity contribution in [3.05, 3.63) is 0 Å². The van der Waals surface area contributed by atoms with Crippen molar-refractivity contribution in [2.75, 3.05) is 0 Å². The highest BCUT2D eigenvalue weighted by atomic mass is 79.9. The molecule has 0 aromatic carbocycles. The van der Waals surface area contributed by atoms with Gasteiger partial charge in [-0.25, -0.2) is 0 Å². The van der Waals surface area contributed by atoms with E-state index < -0.39 is 0 Å². The topological polar surface area (TPSA) is 0 Å². The molecule has 2 heteroatoms. The van der Waals surface area contributed by atoms with Gasteiger partial charge in [0.05, 0.1) is 3.23 Å². The fourth-order valence-electron chi connectivity index (χ4n) is 1.53. The van der Waals surface area contributed by atoms with Crippen molar-refractivity contribution in [2.45, 2.75) is 28.9 Å². The van der Waals surface area contributed by atoms with Crippen LogP contribution in [0.5, 0.6) is 0 Å². The van der Waals surface area contributed by atoms with Gasteiger partial charge in [0.1, 0.15) is 0 Å². The normalized spacial score (nSPS) is 36.8. The van der Waals surface area contributed by atoms with E-state index in [1.807, 2.05) is 0 Å². The highest BCUT2D eigenvalue weighted by molar-refractivity contribution is 9.25. The molecule has 0 N–H and O–H groups in total. The summed E-state index contributed by atoms with van der Waals surface area (Å²) in [6.07, 6.45) is 5.66. The molecule has 8 heavy (non-hydrogen) atoms. The molecule has 0 atom stereocenters. The number of halogens is 2. The molecule has 46 valence electrons. The summed E-state index contributed by atoms with van der Waals surface area (Å²) in [6, 6.07) is 0. The van der Waals surface area contributed by atoms with Crippen LogP contribution in [0.2, 0.25) is 0 Å². The van der Waals surface area contributed by atoms with Crippen LogP contribution in [-0.4, -0.2) is 3.23 Å². The van der Waals surface area contributed by atoms with Gasteiger partial charge in [-0.05, 0) is 24.7 Å². The van der Waals surface area contributed by atoms with Crippen LogP contribution in [0.4, 0.5) is 0 Å². The maximum Gasteiger partial charge on any atom is 0.0868 e. The maximum atomic E-state index is 3.64. The molecule has 0 unspecified atom stereocenters. The first-order valence-electron chi connectivity index (χ1n) is 3.04. The molecular formula is C6H8Br2. The molecule has 2 fully saturated rings. The predicted molar refractivity (Wildman–Crippen MR) is 41.5 cm³/mol. The third-order valence-electron chi connectivity index (χ3n) is 2.52. The molecule has 0 aromatic rings. The van der Waals surface area contributed by atoms with Crippen LogP contribution in [0.25, 0.3) is 0 Å². The predicted octanol–water partition coefficient (Wildman–Crippen LogP) is 3.05. The van der Waals surface area contributed by atoms with Crippen LogP contribution in [0.15, 0.2) is 0 Å². The molecule has 0 amide bonds. The van der Waals surface area contributed by atoms with E-state index in [1.54, 1.807) is 0 Å². The molecule has 2 saturated carbocycles.